The lowest BCUT2D eigenvalue weighted by Crippen LogP contribution is -2.26. The first kappa shape index (κ1) is 18.8. The Hall–Kier alpha value is -3.02. The van der Waals surface area contributed by atoms with Crippen LogP contribution in [0.25, 0.3) is 11.0 Å². The number of hydrogen-bond donors (Lipinski definition) is 1. The lowest BCUT2D eigenvalue weighted by molar-refractivity contribution is -0.130. The van der Waals surface area contributed by atoms with E-state index >= 15 is 0 Å². The molecule has 0 fully saturated rings. The number of imidazole rings is 1. The van der Waals surface area contributed by atoms with E-state index < -0.39 is 0 Å². The molecule has 0 aliphatic rings. The average Bonchev–Trinajstić information content (AvgIpc) is 3.10. The van der Waals surface area contributed by atoms with Crippen molar-refractivity contribution in [3.8, 4) is 11.5 Å². The molecule has 6 nitrogen and oxygen atoms in total. The quantitative estimate of drug-likeness (QED) is 0.661. The number of aromatic nitrogens is 2. The van der Waals surface area contributed by atoms with E-state index in [0.717, 1.165) is 22.4 Å². The van der Waals surface area contributed by atoms with Gasteiger partial charge in [-0.2, -0.15) is 0 Å². The number of aryl methyl sites for hydroxylation is 1. The molecule has 0 aliphatic heterocycles. The van der Waals surface area contributed by atoms with Crippen molar-refractivity contribution >= 4 is 16.9 Å². The predicted octanol–water partition coefficient (Wildman–Crippen LogP) is 3.56. The third-order valence-electron chi connectivity index (χ3n) is 4.39. The summed E-state index contributed by atoms with van der Waals surface area (Å²) >= 11 is 0. The van der Waals surface area contributed by atoms with Gasteiger partial charge in [-0.15, -0.1) is 0 Å². The number of aromatic amines is 1. The molecular weight excluding hydrogens is 342 g/mol. The number of hydrogen-bond acceptors (Lipinski definition) is 4. The molecule has 6 heteroatoms. The van der Waals surface area contributed by atoms with Gasteiger partial charge in [-0.1, -0.05) is 18.2 Å². The monoisotopic (exact) mass is 367 g/mol. The summed E-state index contributed by atoms with van der Waals surface area (Å²) in [6.07, 6.45) is 0.995. The Morgan fingerprint density at radius 1 is 1.19 bits per heavy atom. The van der Waals surface area contributed by atoms with Crippen LogP contribution in [-0.4, -0.2) is 41.5 Å². The molecule has 0 spiro atoms. The molecule has 0 saturated carbocycles. The minimum atomic E-state index is 0.0725. The van der Waals surface area contributed by atoms with E-state index in [1.807, 2.05) is 56.4 Å². The number of fused-ring (bicyclic) bond motifs is 1. The smallest absolute Gasteiger partial charge is 0.223 e. The Kier molecular flexibility index (Phi) is 5.96. The average molecular weight is 367 g/mol. The minimum absolute atomic E-state index is 0.0725. The van der Waals surface area contributed by atoms with Gasteiger partial charge in [-0.3, -0.25) is 4.79 Å². The van der Waals surface area contributed by atoms with Gasteiger partial charge in [-0.25, -0.2) is 4.98 Å². The Labute approximate surface area is 159 Å². The fourth-order valence-corrected chi connectivity index (χ4v) is 2.99. The molecule has 3 aromatic rings. The van der Waals surface area contributed by atoms with E-state index in [1.54, 1.807) is 12.0 Å². The summed E-state index contributed by atoms with van der Waals surface area (Å²) in [5.74, 6) is 2.30. The van der Waals surface area contributed by atoms with Crippen LogP contribution in [0, 0.1) is 0 Å². The number of ether oxygens (including phenoxy) is 2. The SMILES string of the molecule is CCOc1ccc(CN(C)C(=O)CCc2nc3ccccc3[nH]2)cc1OC. The van der Waals surface area contributed by atoms with E-state index in [-0.39, 0.29) is 5.91 Å². The number of para-hydroxylation sites is 2. The first-order valence-electron chi connectivity index (χ1n) is 9.08. The number of carbonyl (C=O) groups is 1. The molecule has 142 valence electrons. The maximum atomic E-state index is 12.5. The van der Waals surface area contributed by atoms with Crippen LogP contribution in [0.2, 0.25) is 0 Å². The predicted molar refractivity (Wildman–Crippen MR) is 105 cm³/mol. The summed E-state index contributed by atoms with van der Waals surface area (Å²) in [5, 5.41) is 0. The molecule has 0 saturated heterocycles. The zero-order valence-corrected chi connectivity index (χ0v) is 16.0. The van der Waals surface area contributed by atoms with E-state index in [2.05, 4.69) is 9.97 Å². The summed E-state index contributed by atoms with van der Waals surface area (Å²) in [6, 6.07) is 13.6. The lowest BCUT2D eigenvalue weighted by Gasteiger charge is -2.18. The highest BCUT2D eigenvalue weighted by atomic mass is 16.5. The van der Waals surface area contributed by atoms with Gasteiger partial charge >= 0.3 is 0 Å². The molecule has 0 radical (unpaired) electrons. The maximum absolute atomic E-state index is 12.5. The van der Waals surface area contributed by atoms with Crippen molar-refractivity contribution in [2.24, 2.45) is 0 Å². The van der Waals surface area contributed by atoms with Gasteiger partial charge in [0.05, 0.1) is 24.8 Å². The normalized spacial score (nSPS) is 10.8. The number of carbonyl (C=O) groups excluding carboxylic acids is 1. The second-order valence-corrected chi connectivity index (χ2v) is 6.37. The van der Waals surface area contributed by atoms with Crippen molar-refractivity contribution in [3.63, 3.8) is 0 Å². The van der Waals surface area contributed by atoms with Crippen LogP contribution in [0.5, 0.6) is 11.5 Å². The van der Waals surface area contributed by atoms with Crippen LogP contribution in [0.15, 0.2) is 42.5 Å². The summed E-state index contributed by atoms with van der Waals surface area (Å²) in [6.45, 7) is 3.03. The molecule has 0 bridgehead atoms. The van der Waals surface area contributed by atoms with Crippen molar-refractivity contribution in [3.05, 3.63) is 53.9 Å². The number of rotatable bonds is 8. The summed E-state index contributed by atoms with van der Waals surface area (Å²) < 4.78 is 10.9. The number of nitrogens with one attached hydrogen (secondary N) is 1. The second kappa shape index (κ2) is 8.58. The van der Waals surface area contributed by atoms with Gasteiger partial charge in [0.15, 0.2) is 11.5 Å². The first-order chi connectivity index (χ1) is 13.1. The minimum Gasteiger partial charge on any atom is -0.493 e. The van der Waals surface area contributed by atoms with Crippen molar-refractivity contribution in [1.82, 2.24) is 14.9 Å². The number of nitrogens with zero attached hydrogens (tertiary/aromatic N) is 2. The van der Waals surface area contributed by atoms with E-state index in [9.17, 15) is 4.79 Å². The number of H-pyrrole nitrogens is 1. The van der Waals surface area contributed by atoms with Gasteiger partial charge in [0.2, 0.25) is 5.91 Å². The van der Waals surface area contributed by atoms with Crippen LogP contribution >= 0.6 is 0 Å². The molecule has 1 N–H and O–H groups in total. The maximum Gasteiger partial charge on any atom is 0.223 e. The van der Waals surface area contributed by atoms with Crippen LogP contribution in [0.3, 0.4) is 0 Å². The van der Waals surface area contributed by atoms with E-state index in [1.165, 1.54) is 0 Å². The van der Waals surface area contributed by atoms with Gasteiger partial charge in [0, 0.05) is 26.4 Å². The summed E-state index contributed by atoms with van der Waals surface area (Å²) in [5.41, 5.74) is 2.92. The first-order valence-corrected chi connectivity index (χ1v) is 9.08. The molecule has 27 heavy (non-hydrogen) atoms. The fraction of sp³-hybridized carbons (Fsp3) is 0.333. The second-order valence-electron chi connectivity index (χ2n) is 6.37. The van der Waals surface area contributed by atoms with Gasteiger partial charge in [0.1, 0.15) is 5.82 Å². The van der Waals surface area contributed by atoms with Crippen LogP contribution in [0.4, 0.5) is 0 Å². The molecule has 0 aliphatic carbocycles. The van der Waals surface area contributed by atoms with Gasteiger partial charge in [-0.05, 0) is 36.8 Å². The Morgan fingerprint density at radius 2 is 2.00 bits per heavy atom. The molecule has 1 heterocycles. The fourth-order valence-electron chi connectivity index (χ4n) is 2.99. The zero-order valence-electron chi connectivity index (χ0n) is 16.0. The molecule has 0 atom stereocenters. The van der Waals surface area contributed by atoms with Crippen LogP contribution in [0.1, 0.15) is 24.7 Å². The largest absolute Gasteiger partial charge is 0.493 e. The van der Waals surface area contributed by atoms with Crippen LogP contribution < -0.4 is 9.47 Å². The number of methoxy groups -OCH3 is 1. The summed E-state index contributed by atoms with van der Waals surface area (Å²) in [4.78, 5) is 22.0. The highest BCUT2D eigenvalue weighted by Crippen LogP contribution is 2.28. The molecule has 1 aromatic heterocycles. The Bertz CT molecular complexity index is 887. The Balaban J connectivity index is 1.58. The molecule has 1 amide bonds. The number of amides is 1. The van der Waals surface area contributed by atoms with Crippen molar-refractivity contribution < 1.29 is 14.3 Å². The van der Waals surface area contributed by atoms with Crippen molar-refractivity contribution in [2.45, 2.75) is 26.3 Å². The van der Waals surface area contributed by atoms with Gasteiger partial charge in [0.25, 0.3) is 0 Å². The van der Waals surface area contributed by atoms with Crippen molar-refractivity contribution in [1.29, 1.82) is 0 Å². The topological polar surface area (TPSA) is 67.5 Å². The Morgan fingerprint density at radius 3 is 2.74 bits per heavy atom. The highest BCUT2D eigenvalue weighted by molar-refractivity contribution is 5.77. The molecule has 2 aromatic carbocycles. The molecule has 3 rings (SSSR count). The molecule has 0 unspecified atom stereocenters. The lowest BCUT2D eigenvalue weighted by atomic mass is 10.1. The number of benzene rings is 2. The standard InChI is InChI=1S/C21H25N3O3/c1-4-27-18-10-9-15(13-19(18)26-3)14-24(2)21(25)12-11-20-22-16-7-5-6-8-17(16)23-20/h5-10,13H,4,11-12,14H2,1-3H3,(H,22,23). The van der Waals surface area contributed by atoms with E-state index in [4.69, 9.17) is 9.47 Å². The van der Waals surface area contributed by atoms with Crippen molar-refractivity contribution in [2.75, 3.05) is 20.8 Å². The third-order valence-corrected chi connectivity index (χ3v) is 4.39. The highest BCUT2D eigenvalue weighted by Gasteiger charge is 2.13. The summed E-state index contributed by atoms with van der Waals surface area (Å²) in [7, 11) is 3.42. The molecular formula is C21H25N3O3. The van der Waals surface area contributed by atoms with Gasteiger partial charge < -0.3 is 19.4 Å². The third kappa shape index (κ3) is 4.58. The zero-order chi connectivity index (χ0) is 19.2. The van der Waals surface area contributed by atoms with E-state index in [0.29, 0.717) is 37.5 Å². The van der Waals surface area contributed by atoms with Crippen LogP contribution in [-0.2, 0) is 17.8 Å².